The van der Waals surface area contributed by atoms with Crippen LogP contribution in [0.25, 0.3) is 134 Å². The molecular weight excluding hydrogens is 905 g/mol. The second-order valence-electron chi connectivity index (χ2n) is 18.3. The third-order valence-electron chi connectivity index (χ3n) is 13.8. The molecule has 8 nitrogen and oxygen atoms in total. The number of hydrogen-bond acceptors (Lipinski definition) is 6. The summed E-state index contributed by atoms with van der Waals surface area (Å²) in [6.07, 6.45) is 0. The van der Waals surface area contributed by atoms with Gasteiger partial charge in [-0.1, -0.05) is 200 Å². The maximum absolute atomic E-state index is 5.21. The minimum Gasteiger partial charge on any atom is -0.309 e. The number of rotatable bonds is 9. The number of hydrogen-bond donors (Lipinski definition) is 0. The molecule has 0 bridgehead atoms. The number of aromatic nitrogens is 8. The zero-order valence-electron chi connectivity index (χ0n) is 39.8. The Balaban J connectivity index is 0.914. The predicted octanol–water partition coefficient (Wildman–Crippen LogP) is 15.9. The first-order chi connectivity index (χ1) is 36.7. The zero-order valence-corrected chi connectivity index (χ0v) is 39.8. The van der Waals surface area contributed by atoms with Crippen LogP contribution in [-0.4, -0.2) is 39.0 Å². The second kappa shape index (κ2) is 17.9. The fourth-order valence-corrected chi connectivity index (χ4v) is 10.4. The van der Waals surface area contributed by atoms with E-state index < -0.39 is 0 Å². The van der Waals surface area contributed by atoms with Crippen molar-refractivity contribution < 1.29 is 0 Å². The SMILES string of the molecule is c1ccc(-c2nc(-c3ccccc3)nc(-c3cccc4c3c3cc(-c5cccc(-c6ccc7c(c6)c6ccccc6n7-c6nc(-c7ccccc7)nc(-c7ccccc7)n6)c5)ccc3n4-c3ccccc3)n2)cc1. The summed E-state index contributed by atoms with van der Waals surface area (Å²) in [5.41, 5.74) is 14.3. The van der Waals surface area contributed by atoms with Gasteiger partial charge in [0.2, 0.25) is 5.95 Å². The van der Waals surface area contributed by atoms with Gasteiger partial charge in [-0.2, -0.15) is 9.97 Å². The first-order valence-corrected chi connectivity index (χ1v) is 24.7. The van der Waals surface area contributed by atoms with E-state index in [1.54, 1.807) is 0 Å². The molecule has 0 amide bonds. The van der Waals surface area contributed by atoms with Crippen LogP contribution in [0.2, 0.25) is 0 Å². The van der Waals surface area contributed by atoms with Crippen LogP contribution in [0, 0.1) is 0 Å². The number of nitrogens with zero attached hydrogens (tertiary/aromatic N) is 8. The first kappa shape index (κ1) is 42.7. The molecule has 0 aliphatic carbocycles. The van der Waals surface area contributed by atoms with Crippen molar-refractivity contribution in [2.75, 3.05) is 0 Å². The Morgan fingerprint density at radius 1 is 0.230 bits per heavy atom. The third kappa shape index (κ3) is 7.48. The van der Waals surface area contributed by atoms with Crippen LogP contribution in [0.4, 0.5) is 0 Å². The van der Waals surface area contributed by atoms with E-state index in [-0.39, 0.29) is 0 Å². The summed E-state index contributed by atoms with van der Waals surface area (Å²) in [5.74, 6) is 3.66. The van der Waals surface area contributed by atoms with Gasteiger partial charge in [0.05, 0.1) is 22.1 Å². The van der Waals surface area contributed by atoms with Crippen molar-refractivity contribution in [3.05, 3.63) is 255 Å². The van der Waals surface area contributed by atoms with Gasteiger partial charge >= 0.3 is 0 Å². The molecule has 0 N–H and O–H groups in total. The van der Waals surface area contributed by atoms with Crippen molar-refractivity contribution >= 4 is 43.6 Å². The zero-order chi connectivity index (χ0) is 49.0. The van der Waals surface area contributed by atoms with E-state index in [9.17, 15) is 0 Å². The number of benzene rings is 10. The Morgan fingerprint density at radius 3 is 1.18 bits per heavy atom. The van der Waals surface area contributed by atoms with E-state index in [2.05, 4.69) is 143 Å². The summed E-state index contributed by atoms with van der Waals surface area (Å²) < 4.78 is 4.52. The van der Waals surface area contributed by atoms with Crippen LogP contribution < -0.4 is 0 Å². The maximum atomic E-state index is 5.21. The van der Waals surface area contributed by atoms with Crippen molar-refractivity contribution in [1.82, 2.24) is 39.0 Å². The standard InChI is InChI=1S/C66H42N8/c1-6-20-43(21-7-1)61-67-62(44-22-8-2-9-23-44)70-65(69-61)53-33-19-35-59-60(53)55-42-50(37-39-58(55)73(59)51-30-14-5-15-31-51)48-29-18-28-47(40-48)49-36-38-57-54(41-49)52-32-16-17-34-56(52)74(57)66-71-63(45-24-10-3-11-25-45)68-64(72-66)46-26-12-4-13-27-46/h1-42H. The fourth-order valence-electron chi connectivity index (χ4n) is 10.4. The molecule has 0 spiro atoms. The highest BCUT2D eigenvalue weighted by Crippen LogP contribution is 2.41. The lowest BCUT2D eigenvalue weighted by molar-refractivity contribution is 0.953. The molecule has 0 radical (unpaired) electrons. The largest absolute Gasteiger partial charge is 0.309 e. The smallest absolute Gasteiger partial charge is 0.238 e. The molecule has 0 unspecified atom stereocenters. The Labute approximate surface area is 426 Å². The lowest BCUT2D eigenvalue weighted by atomic mass is 9.96. The second-order valence-corrected chi connectivity index (χ2v) is 18.3. The average molecular weight is 947 g/mol. The van der Waals surface area contributed by atoms with Crippen LogP contribution in [0.1, 0.15) is 0 Å². The van der Waals surface area contributed by atoms with E-state index in [0.717, 1.165) is 99.4 Å². The predicted molar refractivity (Wildman–Crippen MR) is 300 cm³/mol. The average Bonchev–Trinajstić information content (AvgIpc) is 4.04. The Morgan fingerprint density at radius 2 is 0.622 bits per heavy atom. The molecule has 10 aromatic carbocycles. The van der Waals surface area contributed by atoms with Gasteiger partial charge in [0.1, 0.15) is 0 Å². The van der Waals surface area contributed by atoms with Crippen LogP contribution in [0.3, 0.4) is 0 Å². The van der Waals surface area contributed by atoms with Crippen LogP contribution in [0.15, 0.2) is 255 Å². The monoisotopic (exact) mass is 946 g/mol. The number of fused-ring (bicyclic) bond motifs is 6. The summed E-state index contributed by atoms with van der Waals surface area (Å²) in [4.78, 5) is 30.7. The Kier molecular flexibility index (Phi) is 10.3. The quantitative estimate of drug-likeness (QED) is 0.143. The van der Waals surface area contributed by atoms with Gasteiger partial charge < -0.3 is 4.57 Å². The van der Waals surface area contributed by atoms with Crippen molar-refractivity contribution in [2.24, 2.45) is 0 Å². The minimum atomic E-state index is 0.564. The lowest BCUT2D eigenvalue weighted by Gasteiger charge is -2.11. The van der Waals surface area contributed by atoms with Crippen molar-refractivity contribution in [3.63, 3.8) is 0 Å². The summed E-state index contributed by atoms with van der Waals surface area (Å²) in [6.45, 7) is 0. The van der Waals surface area contributed by atoms with Crippen molar-refractivity contribution in [2.45, 2.75) is 0 Å². The molecule has 74 heavy (non-hydrogen) atoms. The minimum absolute atomic E-state index is 0.564. The maximum Gasteiger partial charge on any atom is 0.238 e. The topological polar surface area (TPSA) is 87.2 Å². The van der Waals surface area contributed by atoms with Gasteiger partial charge in [-0.3, -0.25) is 4.57 Å². The molecule has 0 fully saturated rings. The molecule has 0 saturated heterocycles. The normalized spacial score (nSPS) is 11.5. The van der Waals surface area contributed by atoms with Crippen LogP contribution in [-0.2, 0) is 0 Å². The number of para-hydroxylation sites is 2. The van der Waals surface area contributed by atoms with E-state index in [4.69, 9.17) is 29.9 Å². The van der Waals surface area contributed by atoms with Gasteiger partial charge in [0.25, 0.3) is 0 Å². The van der Waals surface area contributed by atoms with Gasteiger partial charge in [0, 0.05) is 55.0 Å². The van der Waals surface area contributed by atoms with Crippen molar-refractivity contribution in [1.29, 1.82) is 0 Å². The molecule has 346 valence electrons. The third-order valence-corrected chi connectivity index (χ3v) is 13.8. The Hall–Kier alpha value is -10.2. The Bertz CT molecular complexity index is 4290. The first-order valence-electron chi connectivity index (χ1n) is 24.7. The molecular formula is C66H42N8. The molecule has 8 heteroatoms. The molecule has 0 aliphatic rings. The summed E-state index contributed by atoms with van der Waals surface area (Å²) in [5, 5.41) is 4.40. The molecule has 14 rings (SSSR count). The highest BCUT2D eigenvalue weighted by atomic mass is 15.2. The van der Waals surface area contributed by atoms with Gasteiger partial charge in [-0.05, 0) is 76.9 Å². The molecule has 0 saturated carbocycles. The van der Waals surface area contributed by atoms with E-state index in [1.165, 1.54) is 0 Å². The summed E-state index contributed by atoms with van der Waals surface area (Å²) in [6, 6.07) is 88.4. The van der Waals surface area contributed by atoms with Gasteiger partial charge in [-0.25, -0.2) is 19.9 Å². The van der Waals surface area contributed by atoms with E-state index in [1.807, 2.05) is 121 Å². The highest BCUT2D eigenvalue weighted by molar-refractivity contribution is 6.16. The lowest BCUT2D eigenvalue weighted by Crippen LogP contribution is -2.06. The van der Waals surface area contributed by atoms with Crippen LogP contribution >= 0.6 is 0 Å². The molecule has 14 aromatic rings. The fraction of sp³-hybridized carbons (Fsp3) is 0. The van der Waals surface area contributed by atoms with Crippen molar-refractivity contribution in [3.8, 4) is 90.8 Å². The molecule has 4 aromatic heterocycles. The highest BCUT2D eigenvalue weighted by Gasteiger charge is 2.22. The molecule has 4 heterocycles. The van der Waals surface area contributed by atoms with E-state index in [0.29, 0.717) is 35.1 Å². The molecule has 0 aliphatic heterocycles. The summed E-state index contributed by atoms with van der Waals surface area (Å²) in [7, 11) is 0. The van der Waals surface area contributed by atoms with Crippen LogP contribution in [0.5, 0.6) is 0 Å². The summed E-state index contributed by atoms with van der Waals surface area (Å²) >= 11 is 0. The van der Waals surface area contributed by atoms with E-state index >= 15 is 0 Å². The van der Waals surface area contributed by atoms with Gasteiger partial charge in [-0.15, -0.1) is 0 Å². The van der Waals surface area contributed by atoms with Gasteiger partial charge in [0.15, 0.2) is 29.1 Å². The molecule has 0 atom stereocenters.